The topological polar surface area (TPSA) is 35.2 Å². The SMILES string of the molecule is Cl.N[C@@H](c1c(F)ccc(Cl)c1F)C1CCOCC1. The Morgan fingerprint density at radius 1 is 1.28 bits per heavy atom. The van der Waals surface area contributed by atoms with Gasteiger partial charge in [-0.15, -0.1) is 12.4 Å². The number of nitrogens with two attached hydrogens (primary N) is 1. The van der Waals surface area contributed by atoms with Gasteiger partial charge in [0.15, 0.2) is 0 Å². The van der Waals surface area contributed by atoms with E-state index in [1.807, 2.05) is 0 Å². The molecule has 1 aromatic rings. The van der Waals surface area contributed by atoms with Crippen LogP contribution in [0.15, 0.2) is 12.1 Å². The lowest BCUT2D eigenvalue weighted by atomic mass is 9.87. The minimum atomic E-state index is -0.745. The van der Waals surface area contributed by atoms with Crippen molar-refractivity contribution >= 4 is 24.0 Å². The minimum absolute atomic E-state index is 0. The standard InChI is InChI=1S/C12H14ClF2NO.ClH/c13-8-1-2-9(14)10(11(8)15)12(16)7-3-5-17-6-4-7;/h1-2,7,12H,3-6,16H2;1H/t12-;/m1./s1. The number of benzene rings is 1. The maximum atomic E-state index is 13.8. The van der Waals surface area contributed by atoms with Crippen molar-refractivity contribution in [1.82, 2.24) is 0 Å². The Morgan fingerprint density at radius 3 is 2.50 bits per heavy atom. The second-order valence-corrected chi connectivity index (χ2v) is 4.64. The Labute approximate surface area is 116 Å². The molecule has 0 radical (unpaired) electrons. The van der Waals surface area contributed by atoms with E-state index in [0.717, 1.165) is 6.07 Å². The summed E-state index contributed by atoms with van der Waals surface area (Å²) in [7, 11) is 0. The molecule has 1 aliphatic heterocycles. The molecular formula is C12H15Cl2F2NO. The van der Waals surface area contributed by atoms with Crippen molar-refractivity contribution in [2.24, 2.45) is 11.7 Å². The van der Waals surface area contributed by atoms with Crippen LogP contribution in [-0.4, -0.2) is 13.2 Å². The molecule has 1 aromatic carbocycles. The first-order valence-corrected chi connectivity index (χ1v) is 5.95. The molecule has 0 unspecified atom stereocenters. The third-order valence-corrected chi connectivity index (χ3v) is 3.48. The maximum absolute atomic E-state index is 13.8. The van der Waals surface area contributed by atoms with Crippen LogP contribution >= 0.6 is 24.0 Å². The molecule has 0 amide bonds. The summed E-state index contributed by atoms with van der Waals surface area (Å²) in [5.41, 5.74) is 5.84. The molecule has 2 N–H and O–H groups in total. The van der Waals surface area contributed by atoms with Crippen LogP contribution in [0, 0.1) is 17.6 Å². The first-order chi connectivity index (χ1) is 8.11. The van der Waals surface area contributed by atoms with Crippen LogP contribution in [0.3, 0.4) is 0 Å². The van der Waals surface area contributed by atoms with E-state index in [-0.39, 0.29) is 28.9 Å². The molecule has 1 saturated heterocycles. The zero-order valence-corrected chi connectivity index (χ0v) is 11.2. The highest BCUT2D eigenvalue weighted by atomic mass is 35.5. The van der Waals surface area contributed by atoms with Crippen LogP contribution < -0.4 is 5.73 Å². The molecular weight excluding hydrogens is 283 g/mol. The van der Waals surface area contributed by atoms with E-state index >= 15 is 0 Å². The highest BCUT2D eigenvalue weighted by Gasteiger charge is 2.27. The van der Waals surface area contributed by atoms with Crippen LogP contribution in [0.2, 0.25) is 5.02 Å². The Hall–Kier alpha value is -0.420. The van der Waals surface area contributed by atoms with Gasteiger partial charge in [0, 0.05) is 24.8 Å². The summed E-state index contributed by atoms with van der Waals surface area (Å²) < 4.78 is 32.6. The number of ether oxygens (including phenoxy) is 1. The Bertz CT molecular complexity index is 411. The van der Waals surface area contributed by atoms with Crippen molar-refractivity contribution in [2.75, 3.05) is 13.2 Å². The zero-order chi connectivity index (χ0) is 12.4. The molecule has 0 spiro atoms. The smallest absolute Gasteiger partial charge is 0.149 e. The van der Waals surface area contributed by atoms with Crippen LogP contribution in [0.25, 0.3) is 0 Å². The summed E-state index contributed by atoms with van der Waals surface area (Å²) in [4.78, 5) is 0. The molecule has 2 nitrogen and oxygen atoms in total. The summed E-state index contributed by atoms with van der Waals surface area (Å²) in [6.07, 6.45) is 1.43. The van der Waals surface area contributed by atoms with E-state index in [1.54, 1.807) is 0 Å². The summed E-state index contributed by atoms with van der Waals surface area (Å²) in [6, 6.07) is 1.68. The monoisotopic (exact) mass is 297 g/mol. The minimum Gasteiger partial charge on any atom is -0.381 e. The molecule has 0 aliphatic carbocycles. The molecule has 0 bridgehead atoms. The van der Waals surface area contributed by atoms with Crippen LogP contribution in [0.1, 0.15) is 24.4 Å². The number of halogens is 4. The Morgan fingerprint density at radius 2 is 1.89 bits per heavy atom. The lowest BCUT2D eigenvalue weighted by Crippen LogP contribution is -2.29. The first-order valence-electron chi connectivity index (χ1n) is 5.58. The zero-order valence-electron chi connectivity index (χ0n) is 9.67. The van der Waals surface area contributed by atoms with Gasteiger partial charge in [-0.2, -0.15) is 0 Å². The van der Waals surface area contributed by atoms with E-state index in [2.05, 4.69) is 0 Å². The van der Waals surface area contributed by atoms with E-state index in [1.165, 1.54) is 6.07 Å². The van der Waals surface area contributed by atoms with E-state index < -0.39 is 17.7 Å². The van der Waals surface area contributed by atoms with Crippen molar-refractivity contribution in [1.29, 1.82) is 0 Å². The van der Waals surface area contributed by atoms with E-state index in [0.29, 0.717) is 26.1 Å². The normalized spacial score (nSPS) is 18.2. The van der Waals surface area contributed by atoms with Gasteiger partial charge < -0.3 is 10.5 Å². The quantitative estimate of drug-likeness (QED) is 0.849. The van der Waals surface area contributed by atoms with Gasteiger partial charge in [0.1, 0.15) is 11.6 Å². The first kappa shape index (κ1) is 15.6. The fourth-order valence-electron chi connectivity index (χ4n) is 2.16. The van der Waals surface area contributed by atoms with Gasteiger partial charge in [-0.05, 0) is 30.9 Å². The Balaban J connectivity index is 0.00000162. The molecule has 18 heavy (non-hydrogen) atoms. The third kappa shape index (κ3) is 3.12. The molecule has 2 rings (SSSR count). The molecule has 0 saturated carbocycles. The van der Waals surface area contributed by atoms with Crippen molar-refractivity contribution < 1.29 is 13.5 Å². The largest absolute Gasteiger partial charge is 0.381 e. The van der Waals surface area contributed by atoms with Gasteiger partial charge in [0.25, 0.3) is 0 Å². The highest BCUT2D eigenvalue weighted by molar-refractivity contribution is 6.30. The number of hydrogen-bond acceptors (Lipinski definition) is 2. The maximum Gasteiger partial charge on any atom is 0.149 e. The van der Waals surface area contributed by atoms with Crippen LogP contribution in [0.4, 0.5) is 8.78 Å². The molecule has 1 heterocycles. The van der Waals surface area contributed by atoms with Crippen molar-refractivity contribution in [3.63, 3.8) is 0 Å². The number of rotatable bonds is 2. The summed E-state index contributed by atoms with van der Waals surface area (Å²) in [5.74, 6) is -1.34. The molecule has 102 valence electrons. The third-order valence-electron chi connectivity index (χ3n) is 3.19. The van der Waals surface area contributed by atoms with Crippen molar-refractivity contribution in [2.45, 2.75) is 18.9 Å². The van der Waals surface area contributed by atoms with E-state index in [4.69, 9.17) is 22.1 Å². The van der Waals surface area contributed by atoms with Gasteiger partial charge in [-0.3, -0.25) is 0 Å². The predicted molar refractivity (Wildman–Crippen MR) is 69.1 cm³/mol. The van der Waals surface area contributed by atoms with Crippen molar-refractivity contribution in [3.8, 4) is 0 Å². The van der Waals surface area contributed by atoms with Gasteiger partial charge in [0.2, 0.25) is 0 Å². The fraction of sp³-hybridized carbons (Fsp3) is 0.500. The Kier molecular flexibility index (Phi) is 5.79. The van der Waals surface area contributed by atoms with Gasteiger partial charge in [-0.25, -0.2) is 8.78 Å². The van der Waals surface area contributed by atoms with Crippen LogP contribution in [-0.2, 0) is 4.74 Å². The van der Waals surface area contributed by atoms with Gasteiger partial charge in [-0.1, -0.05) is 11.6 Å². The lowest BCUT2D eigenvalue weighted by molar-refractivity contribution is 0.0576. The summed E-state index contributed by atoms with van der Waals surface area (Å²) in [5, 5.41) is -0.0936. The number of hydrogen-bond donors (Lipinski definition) is 1. The van der Waals surface area contributed by atoms with Crippen LogP contribution in [0.5, 0.6) is 0 Å². The lowest BCUT2D eigenvalue weighted by Gasteiger charge is -2.28. The molecule has 6 heteroatoms. The molecule has 0 aromatic heterocycles. The molecule has 1 fully saturated rings. The van der Waals surface area contributed by atoms with Gasteiger partial charge >= 0.3 is 0 Å². The summed E-state index contributed by atoms with van der Waals surface area (Å²) in [6.45, 7) is 1.17. The van der Waals surface area contributed by atoms with Crippen molar-refractivity contribution in [3.05, 3.63) is 34.4 Å². The second-order valence-electron chi connectivity index (χ2n) is 4.23. The van der Waals surface area contributed by atoms with Gasteiger partial charge in [0.05, 0.1) is 5.02 Å². The molecule has 1 atom stereocenters. The van der Waals surface area contributed by atoms with E-state index in [9.17, 15) is 8.78 Å². The highest BCUT2D eigenvalue weighted by Crippen LogP contribution is 2.33. The average Bonchev–Trinajstić information content (AvgIpc) is 2.35. The second kappa shape index (κ2) is 6.66. The summed E-state index contributed by atoms with van der Waals surface area (Å²) >= 11 is 5.65. The predicted octanol–water partition coefficient (Wildman–Crippen LogP) is 3.47. The molecule has 1 aliphatic rings. The average molecular weight is 298 g/mol. The fourth-order valence-corrected chi connectivity index (χ4v) is 2.32.